The maximum absolute atomic E-state index is 12.6. The lowest BCUT2D eigenvalue weighted by atomic mass is 10.0. The van der Waals surface area contributed by atoms with Crippen LogP contribution in [0.5, 0.6) is 0 Å². The lowest BCUT2D eigenvalue weighted by molar-refractivity contribution is -0.132. The molecular weight excluding hydrogens is 320 g/mol. The molecule has 1 unspecified atom stereocenters. The minimum absolute atomic E-state index is 0.0775. The molecule has 7 heteroatoms. The topological polar surface area (TPSA) is 49.3 Å². The van der Waals surface area contributed by atoms with Crippen LogP contribution in [0.25, 0.3) is 0 Å². The predicted octanol–water partition coefficient (Wildman–Crippen LogP) is 2.64. The van der Waals surface area contributed by atoms with Crippen LogP contribution >= 0.6 is 22.9 Å². The highest BCUT2D eigenvalue weighted by Crippen LogP contribution is 2.22. The fourth-order valence-electron chi connectivity index (χ4n) is 2.59. The number of aromatic nitrogens is 2. The van der Waals surface area contributed by atoms with Gasteiger partial charge in [0.05, 0.1) is 5.92 Å². The van der Waals surface area contributed by atoms with E-state index in [-0.39, 0.29) is 11.8 Å². The Morgan fingerprint density at radius 2 is 2.09 bits per heavy atom. The molecule has 0 spiro atoms. The summed E-state index contributed by atoms with van der Waals surface area (Å²) < 4.78 is 0. The van der Waals surface area contributed by atoms with Gasteiger partial charge >= 0.3 is 0 Å². The summed E-state index contributed by atoms with van der Waals surface area (Å²) in [5.74, 6) is 0.933. The van der Waals surface area contributed by atoms with Gasteiger partial charge in [0.1, 0.15) is 17.3 Å². The zero-order valence-electron chi connectivity index (χ0n) is 12.3. The SMILES string of the molecule is CC(C(=O)N1CCN(c2cc(Cl)ncn2)CC1)c1ccsc1. The molecule has 1 fully saturated rings. The second-order valence-corrected chi connectivity index (χ2v) is 6.46. The van der Waals surface area contributed by atoms with Gasteiger partial charge in [-0.15, -0.1) is 0 Å². The van der Waals surface area contributed by atoms with Gasteiger partial charge in [0, 0.05) is 32.2 Å². The van der Waals surface area contributed by atoms with Gasteiger partial charge in [-0.05, 0) is 29.3 Å². The van der Waals surface area contributed by atoms with Crippen LogP contribution in [0.15, 0.2) is 29.2 Å². The molecule has 0 N–H and O–H groups in total. The van der Waals surface area contributed by atoms with Gasteiger partial charge in [0.15, 0.2) is 0 Å². The van der Waals surface area contributed by atoms with E-state index >= 15 is 0 Å². The van der Waals surface area contributed by atoms with Crippen LogP contribution in [-0.4, -0.2) is 47.0 Å². The van der Waals surface area contributed by atoms with Gasteiger partial charge in [-0.2, -0.15) is 11.3 Å². The largest absolute Gasteiger partial charge is 0.353 e. The number of piperazine rings is 1. The molecule has 116 valence electrons. The third-order valence-electron chi connectivity index (χ3n) is 3.95. The van der Waals surface area contributed by atoms with Crippen molar-refractivity contribution in [1.29, 1.82) is 0 Å². The molecule has 1 atom stereocenters. The van der Waals surface area contributed by atoms with E-state index in [2.05, 4.69) is 14.9 Å². The number of hydrogen-bond acceptors (Lipinski definition) is 5. The van der Waals surface area contributed by atoms with Crippen LogP contribution in [0.2, 0.25) is 5.15 Å². The van der Waals surface area contributed by atoms with Gasteiger partial charge in [-0.1, -0.05) is 11.6 Å². The maximum atomic E-state index is 12.6. The third kappa shape index (κ3) is 3.23. The minimum atomic E-state index is -0.0775. The summed E-state index contributed by atoms with van der Waals surface area (Å²) in [4.78, 5) is 24.8. The normalized spacial score (nSPS) is 16.6. The molecule has 0 bridgehead atoms. The highest BCUT2D eigenvalue weighted by Gasteiger charge is 2.26. The first-order valence-corrected chi connectivity index (χ1v) is 8.50. The first-order valence-electron chi connectivity index (χ1n) is 7.18. The van der Waals surface area contributed by atoms with Crippen molar-refractivity contribution in [2.45, 2.75) is 12.8 Å². The van der Waals surface area contributed by atoms with Gasteiger partial charge in [0.25, 0.3) is 0 Å². The Hall–Kier alpha value is -1.66. The number of thiophene rings is 1. The molecule has 2 aromatic heterocycles. The number of nitrogens with zero attached hydrogens (tertiary/aromatic N) is 4. The molecule has 0 saturated carbocycles. The molecule has 3 heterocycles. The highest BCUT2D eigenvalue weighted by atomic mass is 35.5. The van der Waals surface area contributed by atoms with E-state index in [0.717, 1.165) is 24.5 Å². The van der Waals surface area contributed by atoms with E-state index in [4.69, 9.17) is 11.6 Å². The van der Waals surface area contributed by atoms with Crippen molar-refractivity contribution in [3.63, 3.8) is 0 Å². The molecule has 1 aliphatic rings. The standard InChI is InChI=1S/C15H17ClN4OS/c1-11(12-2-7-22-9-12)15(21)20-5-3-19(4-6-20)14-8-13(16)17-10-18-14/h2,7-11H,3-6H2,1H3. The van der Waals surface area contributed by atoms with E-state index in [9.17, 15) is 4.79 Å². The average Bonchev–Trinajstić information content (AvgIpc) is 3.08. The summed E-state index contributed by atoms with van der Waals surface area (Å²) in [7, 11) is 0. The first-order chi connectivity index (χ1) is 10.6. The van der Waals surface area contributed by atoms with Crippen LogP contribution in [0.4, 0.5) is 5.82 Å². The quantitative estimate of drug-likeness (QED) is 0.808. The molecule has 0 aromatic carbocycles. The molecule has 0 aliphatic carbocycles. The van der Waals surface area contributed by atoms with E-state index in [1.807, 2.05) is 28.7 Å². The summed E-state index contributed by atoms with van der Waals surface area (Å²) >= 11 is 7.53. The van der Waals surface area contributed by atoms with E-state index in [1.54, 1.807) is 17.4 Å². The first kappa shape index (κ1) is 15.2. The second kappa shape index (κ2) is 6.62. The molecule has 3 rings (SSSR count). The summed E-state index contributed by atoms with van der Waals surface area (Å²) in [6, 6.07) is 3.78. The van der Waals surface area contributed by atoms with Crippen LogP contribution in [0, 0.1) is 0 Å². The molecule has 22 heavy (non-hydrogen) atoms. The van der Waals surface area contributed by atoms with Gasteiger partial charge in [0.2, 0.25) is 5.91 Å². The van der Waals surface area contributed by atoms with Crippen molar-refractivity contribution < 1.29 is 4.79 Å². The van der Waals surface area contributed by atoms with E-state index < -0.39 is 0 Å². The number of amides is 1. The summed E-state index contributed by atoms with van der Waals surface area (Å²) in [6.45, 7) is 4.90. The van der Waals surface area contributed by atoms with Crippen molar-refractivity contribution in [2.24, 2.45) is 0 Å². The van der Waals surface area contributed by atoms with Crippen LogP contribution in [-0.2, 0) is 4.79 Å². The minimum Gasteiger partial charge on any atom is -0.353 e. The summed E-state index contributed by atoms with van der Waals surface area (Å²) in [5.41, 5.74) is 1.10. The van der Waals surface area contributed by atoms with Crippen LogP contribution in [0.3, 0.4) is 0 Å². The number of anilines is 1. The van der Waals surface area contributed by atoms with Crippen LogP contribution in [0.1, 0.15) is 18.4 Å². The number of carbonyl (C=O) groups excluding carboxylic acids is 1. The monoisotopic (exact) mass is 336 g/mol. The van der Waals surface area contributed by atoms with Crippen LogP contribution < -0.4 is 4.90 Å². The Balaban J connectivity index is 1.61. The average molecular weight is 337 g/mol. The Morgan fingerprint density at radius 1 is 1.32 bits per heavy atom. The van der Waals surface area contributed by atoms with Crippen molar-refractivity contribution in [3.8, 4) is 0 Å². The third-order valence-corrected chi connectivity index (χ3v) is 4.86. The number of halogens is 1. The smallest absolute Gasteiger partial charge is 0.229 e. The second-order valence-electron chi connectivity index (χ2n) is 5.29. The lowest BCUT2D eigenvalue weighted by Gasteiger charge is -2.36. The van der Waals surface area contributed by atoms with Crippen molar-refractivity contribution in [1.82, 2.24) is 14.9 Å². The predicted molar refractivity (Wildman–Crippen MR) is 88.6 cm³/mol. The highest BCUT2D eigenvalue weighted by molar-refractivity contribution is 7.08. The van der Waals surface area contributed by atoms with Gasteiger partial charge in [-0.3, -0.25) is 4.79 Å². The Labute approximate surface area is 138 Å². The molecule has 1 amide bonds. The number of carbonyl (C=O) groups is 1. The molecule has 1 aliphatic heterocycles. The van der Waals surface area contributed by atoms with Gasteiger partial charge in [-0.25, -0.2) is 9.97 Å². The van der Waals surface area contributed by atoms with Crippen molar-refractivity contribution >= 4 is 34.7 Å². The Morgan fingerprint density at radius 3 is 2.73 bits per heavy atom. The zero-order valence-corrected chi connectivity index (χ0v) is 13.8. The molecule has 0 radical (unpaired) electrons. The van der Waals surface area contributed by atoms with E-state index in [0.29, 0.717) is 18.2 Å². The fourth-order valence-corrected chi connectivity index (χ4v) is 3.49. The molecule has 2 aromatic rings. The van der Waals surface area contributed by atoms with Crippen molar-refractivity contribution in [2.75, 3.05) is 31.1 Å². The fraction of sp³-hybridized carbons (Fsp3) is 0.400. The Bertz CT molecular complexity index is 641. The van der Waals surface area contributed by atoms with Gasteiger partial charge < -0.3 is 9.80 Å². The molecular formula is C15H17ClN4OS. The number of rotatable bonds is 3. The van der Waals surface area contributed by atoms with E-state index in [1.165, 1.54) is 6.33 Å². The summed E-state index contributed by atoms with van der Waals surface area (Å²) in [5, 5.41) is 4.49. The van der Waals surface area contributed by atoms with Crippen molar-refractivity contribution in [3.05, 3.63) is 39.9 Å². The summed E-state index contributed by atoms with van der Waals surface area (Å²) in [6.07, 6.45) is 1.47. The molecule has 1 saturated heterocycles. The lowest BCUT2D eigenvalue weighted by Crippen LogP contribution is -2.50. The molecule has 5 nitrogen and oxygen atoms in total. The zero-order chi connectivity index (χ0) is 15.5. The Kier molecular flexibility index (Phi) is 4.59. The maximum Gasteiger partial charge on any atom is 0.229 e. The number of hydrogen-bond donors (Lipinski definition) is 0.